The number of nitrogens with zero attached hydrogens (tertiary/aromatic N) is 2. The van der Waals surface area contributed by atoms with E-state index in [1.165, 1.54) is 0 Å². The van der Waals surface area contributed by atoms with Gasteiger partial charge in [0.15, 0.2) is 11.6 Å². The summed E-state index contributed by atoms with van der Waals surface area (Å²) in [5, 5.41) is 1.14. The van der Waals surface area contributed by atoms with Crippen molar-refractivity contribution in [2.45, 2.75) is 85.6 Å². The van der Waals surface area contributed by atoms with Gasteiger partial charge >= 0.3 is 0 Å². The van der Waals surface area contributed by atoms with E-state index in [9.17, 15) is 9.59 Å². The van der Waals surface area contributed by atoms with Gasteiger partial charge in [0.1, 0.15) is 0 Å². The summed E-state index contributed by atoms with van der Waals surface area (Å²) in [6.07, 6.45) is 5.77. The van der Waals surface area contributed by atoms with Gasteiger partial charge in [-0.15, -0.1) is 0 Å². The Kier molecular flexibility index (Phi) is 6.50. The van der Waals surface area contributed by atoms with Crippen LogP contribution in [0.2, 0.25) is 0 Å². The van der Waals surface area contributed by atoms with Crippen molar-refractivity contribution in [2.75, 3.05) is 20.3 Å². The number of hydrogen-bond donors (Lipinski definition) is 0. The number of ether oxygens (including phenoxy) is 1. The maximum atomic E-state index is 14.0. The summed E-state index contributed by atoms with van der Waals surface area (Å²) < 4.78 is 7.69. The molecule has 0 N–H and O–H groups in total. The van der Waals surface area contributed by atoms with Crippen LogP contribution in [0.25, 0.3) is 10.9 Å². The fourth-order valence-electron chi connectivity index (χ4n) is 6.88. The molecule has 0 amide bonds. The van der Waals surface area contributed by atoms with Gasteiger partial charge in [-0.3, -0.25) is 9.59 Å². The molecule has 0 saturated carbocycles. The molecule has 5 heteroatoms. The van der Waals surface area contributed by atoms with Crippen molar-refractivity contribution in [3.63, 3.8) is 0 Å². The summed E-state index contributed by atoms with van der Waals surface area (Å²) in [7, 11) is 1.73. The molecule has 5 nitrogen and oxygen atoms in total. The predicted octanol–water partition coefficient (Wildman–Crippen LogP) is 6.94. The molecule has 37 heavy (non-hydrogen) atoms. The first-order chi connectivity index (χ1) is 17.4. The Hall–Kier alpha value is -2.66. The van der Waals surface area contributed by atoms with E-state index in [0.29, 0.717) is 19.4 Å². The van der Waals surface area contributed by atoms with Crippen molar-refractivity contribution >= 4 is 22.5 Å². The van der Waals surface area contributed by atoms with Crippen LogP contribution in [0.4, 0.5) is 0 Å². The molecule has 1 aromatic heterocycles. The van der Waals surface area contributed by atoms with Gasteiger partial charge in [0.05, 0.1) is 0 Å². The van der Waals surface area contributed by atoms with Gasteiger partial charge in [0, 0.05) is 84.7 Å². The van der Waals surface area contributed by atoms with Gasteiger partial charge in [-0.2, -0.15) is 0 Å². The molecule has 0 atom stereocenters. The molecule has 2 aliphatic carbocycles. The lowest BCUT2D eigenvalue weighted by atomic mass is 9.63. The molecule has 0 saturated heterocycles. The van der Waals surface area contributed by atoms with Gasteiger partial charge in [-0.05, 0) is 55.6 Å². The Labute approximate surface area is 221 Å². The predicted molar refractivity (Wildman–Crippen MR) is 148 cm³/mol. The van der Waals surface area contributed by atoms with Crippen LogP contribution in [0, 0.1) is 10.8 Å². The molecule has 0 fully saturated rings. The Morgan fingerprint density at radius 3 is 2.03 bits per heavy atom. The van der Waals surface area contributed by atoms with Gasteiger partial charge in [0.25, 0.3) is 0 Å². The Bertz CT molecular complexity index is 1270. The van der Waals surface area contributed by atoms with E-state index >= 15 is 0 Å². The topological polar surface area (TPSA) is 51.5 Å². The summed E-state index contributed by atoms with van der Waals surface area (Å²) in [5.74, 6) is 0.0814. The summed E-state index contributed by atoms with van der Waals surface area (Å²) in [6.45, 7) is 14.6. The van der Waals surface area contributed by atoms with Crippen LogP contribution in [-0.2, 0) is 14.3 Å². The Morgan fingerprint density at radius 2 is 1.49 bits per heavy atom. The number of ketones is 2. The quantitative estimate of drug-likeness (QED) is 0.401. The van der Waals surface area contributed by atoms with E-state index in [2.05, 4.69) is 81.5 Å². The number of rotatable bonds is 6. The maximum absolute atomic E-state index is 14.0. The zero-order chi connectivity index (χ0) is 26.7. The zero-order valence-electron chi connectivity index (χ0n) is 23.6. The lowest BCUT2D eigenvalue weighted by Gasteiger charge is -2.49. The number of methoxy groups -OCH3 is 1. The highest BCUT2D eigenvalue weighted by atomic mass is 16.5. The lowest BCUT2D eigenvalue weighted by molar-refractivity contribution is -0.119. The zero-order valence-corrected chi connectivity index (χ0v) is 23.6. The number of fused-ring (bicyclic) bond motifs is 1. The molecule has 1 aromatic carbocycles. The average molecular weight is 503 g/mol. The largest absolute Gasteiger partial charge is 0.385 e. The lowest BCUT2D eigenvalue weighted by Crippen LogP contribution is -2.44. The minimum atomic E-state index is -0.305. The number of Topliss-reactive ketones (excluding diaryl/α,β-unsaturated/α-hetero) is 2. The number of aromatic nitrogens is 1. The number of hydrogen-bond acceptors (Lipinski definition) is 4. The smallest absolute Gasteiger partial charge is 0.162 e. The summed E-state index contributed by atoms with van der Waals surface area (Å²) in [4.78, 5) is 30.4. The highest BCUT2D eigenvalue weighted by Gasteiger charge is 2.49. The highest BCUT2D eigenvalue weighted by molar-refractivity contribution is 6.08. The fraction of sp³-hybridized carbons (Fsp3) is 0.562. The first kappa shape index (κ1) is 26.0. The molecule has 198 valence electrons. The minimum absolute atomic E-state index is 0.113. The normalized spacial score (nSPS) is 21.8. The number of benzene rings is 1. The van der Waals surface area contributed by atoms with Gasteiger partial charge in [-0.1, -0.05) is 45.9 Å². The van der Waals surface area contributed by atoms with E-state index in [4.69, 9.17) is 4.74 Å². The molecular weight excluding hydrogens is 460 g/mol. The van der Waals surface area contributed by atoms with Crippen LogP contribution in [0.3, 0.4) is 0 Å². The van der Waals surface area contributed by atoms with Crippen LogP contribution >= 0.6 is 0 Å². The van der Waals surface area contributed by atoms with E-state index in [1.807, 2.05) is 0 Å². The van der Waals surface area contributed by atoms with Crippen molar-refractivity contribution in [3.8, 4) is 0 Å². The maximum Gasteiger partial charge on any atom is 0.162 e. The SMILES string of the molecule is COCCCN1C2=C(C(=O)CC(C)(C)C2)C(c2cn(C(C)C)c3ccccc23)C2=C1CC(C)(C)CC2=O. The third-order valence-corrected chi connectivity index (χ3v) is 8.39. The van der Waals surface area contributed by atoms with Crippen LogP contribution in [0.5, 0.6) is 0 Å². The van der Waals surface area contributed by atoms with E-state index in [0.717, 1.165) is 64.8 Å². The van der Waals surface area contributed by atoms with Crippen molar-refractivity contribution in [1.82, 2.24) is 9.47 Å². The average Bonchev–Trinajstić information content (AvgIpc) is 3.18. The molecule has 2 heterocycles. The Morgan fingerprint density at radius 1 is 0.919 bits per heavy atom. The highest BCUT2D eigenvalue weighted by Crippen LogP contribution is 2.55. The monoisotopic (exact) mass is 502 g/mol. The van der Waals surface area contributed by atoms with Crippen molar-refractivity contribution in [3.05, 3.63) is 58.6 Å². The Balaban J connectivity index is 1.80. The minimum Gasteiger partial charge on any atom is -0.385 e. The van der Waals surface area contributed by atoms with Crippen molar-refractivity contribution in [1.29, 1.82) is 0 Å². The first-order valence-corrected chi connectivity index (χ1v) is 13.8. The van der Waals surface area contributed by atoms with Gasteiger partial charge in [0.2, 0.25) is 0 Å². The summed E-state index contributed by atoms with van der Waals surface area (Å²) in [6, 6.07) is 8.72. The van der Waals surface area contributed by atoms with Crippen LogP contribution in [0.15, 0.2) is 53.0 Å². The number of allylic oxidation sites excluding steroid dienone is 4. The van der Waals surface area contributed by atoms with Crippen LogP contribution in [-0.4, -0.2) is 41.3 Å². The van der Waals surface area contributed by atoms with Gasteiger partial charge < -0.3 is 14.2 Å². The van der Waals surface area contributed by atoms with Gasteiger partial charge in [-0.25, -0.2) is 0 Å². The molecule has 0 radical (unpaired) electrons. The molecule has 3 aliphatic rings. The molecular formula is C32H42N2O3. The summed E-state index contributed by atoms with van der Waals surface area (Å²) in [5.41, 5.74) is 6.01. The molecule has 0 spiro atoms. The van der Waals surface area contributed by atoms with E-state index < -0.39 is 0 Å². The number of carbonyl (C=O) groups excluding carboxylic acids is 2. The standard InChI is InChI=1S/C32H42N2O3/c1-20(2)34-19-22(21-11-8-9-12-23(21)34)28-29-24(15-31(3,4)17-26(29)35)33(13-10-14-37-7)25-16-32(5,6)18-27(36)30(25)28/h8-9,11-12,19-20,28H,10,13-18H2,1-7H3. The fourth-order valence-corrected chi connectivity index (χ4v) is 6.88. The number of carbonyl (C=O) groups is 2. The van der Waals surface area contributed by atoms with E-state index in [1.54, 1.807) is 7.11 Å². The second-order valence-electron chi connectivity index (χ2n) is 13.1. The van der Waals surface area contributed by atoms with E-state index in [-0.39, 0.29) is 34.4 Å². The molecule has 5 rings (SSSR count). The molecule has 2 aromatic rings. The second kappa shape index (κ2) is 9.27. The van der Waals surface area contributed by atoms with Crippen molar-refractivity contribution in [2.24, 2.45) is 10.8 Å². The van der Waals surface area contributed by atoms with Crippen molar-refractivity contribution < 1.29 is 14.3 Å². The second-order valence-corrected chi connectivity index (χ2v) is 13.1. The molecule has 0 bridgehead atoms. The van der Waals surface area contributed by atoms with Crippen LogP contribution < -0.4 is 0 Å². The number of para-hydroxylation sites is 1. The third kappa shape index (κ3) is 4.50. The summed E-state index contributed by atoms with van der Waals surface area (Å²) >= 11 is 0. The van der Waals surface area contributed by atoms with Crippen LogP contribution in [0.1, 0.15) is 91.2 Å². The first-order valence-electron chi connectivity index (χ1n) is 13.8. The molecule has 0 unspecified atom stereocenters. The third-order valence-electron chi connectivity index (χ3n) is 8.39. The molecule has 1 aliphatic heterocycles.